The predicted octanol–water partition coefficient (Wildman–Crippen LogP) is 2.83. The number of aryl methyl sites for hydroxylation is 1. The molecule has 1 heterocycles. The zero-order valence-corrected chi connectivity index (χ0v) is 12.5. The van der Waals surface area contributed by atoms with Crippen LogP contribution in [0.15, 0.2) is 34.9 Å². The average molecular weight is 287 g/mol. The Hall–Kier alpha value is -2.17. The SMILES string of the molecule is CC(C)c1noc(CCCC(=O)NCc2ccccc2)n1. The number of hydrogen-bond acceptors (Lipinski definition) is 4. The highest BCUT2D eigenvalue weighted by Gasteiger charge is 2.10. The monoisotopic (exact) mass is 287 g/mol. The fourth-order valence-electron chi connectivity index (χ4n) is 1.89. The topological polar surface area (TPSA) is 68.0 Å². The average Bonchev–Trinajstić information content (AvgIpc) is 2.95. The molecule has 5 nitrogen and oxygen atoms in total. The van der Waals surface area contributed by atoms with Gasteiger partial charge >= 0.3 is 0 Å². The molecule has 0 aliphatic heterocycles. The molecule has 0 fully saturated rings. The molecule has 0 spiro atoms. The van der Waals surface area contributed by atoms with Crippen LogP contribution >= 0.6 is 0 Å². The van der Waals surface area contributed by atoms with Crippen molar-refractivity contribution in [2.75, 3.05) is 0 Å². The van der Waals surface area contributed by atoms with Gasteiger partial charge in [-0.1, -0.05) is 49.3 Å². The minimum absolute atomic E-state index is 0.0439. The maximum atomic E-state index is 11.7. The Morgan fingerprint density at radius 1 is 1.29 bits per heavy atom. The molecule has 0 aliphatic rings. The van der Waals surface area contributed by atoms with E-state index in [-0.39, 0.29) is 11.8 Å². The molecular weight excluding hydrogens is 266 g/mol. The first-order valence-corrected chi connectivity index (χ1v) is 7.28. The maximum absolute atomic E-state index is 11.7. The number of nitrogens with zero attached hydrogens (tertiary/aromatic N) is 2. The van der Waals surface area contributed by atoms with Crippen molar-refractivity contribution in [3.8, 4) is 0 Å². The van der Waals surface area contributed by atoms with Gasteiger partial charge in [0.2, 0.25) is 11.8 Å². The maximum Gasteiger partial charge on any atom is 0.226 e. The summed E-state index contributed by atoms with van der Waals surface area (Å²) in [6.45, 7) is 4.61. The number of hydrogen-bond donors (Lipinski definition) is 1. The zero-order chi connectivity index (χ0) is 15.1. The first-order chi connectivity index (χ1) is 10.1. The number of rotatable bonds is 7. The molecular formula is C16H21N3O2. The van der Waals surface area contributed by atoms with E-state index in [1.54, 1.807) is 0 Å². The van der Waals surface area contributed by atoms with Crippen LogP contribution in [0.4, 0.5) is 0 Å². The zero-order valence-electron chi connectivity index (χ0n) is 12.5. The molecule has 1 N–H and O–H groups in total. The lowest BCUT2D eigenvalue weighted by Gasteiger charge is -2.04. The van der Waals surface area contributed by atoms with Gasteiger partial charge in [-0.05, 0) is 12.0 Å². The summed E-state index contributed by atoms with van der Waals surface area (Å²) in [5, 5.41) is 6.81. The highest BCUT2D eigenvalue weighted by Crippen LogP contribution is 2.11. The van der Waals surface area contributed by atoms with Crippen molar-refractivity contribution in [3.63, 3.8) is 0 Å². The fraction of sp³-hybridized carbons (Fsp3) is 0.438. The Kier molecular flexibility index (Phi) is 5.49. The van der Waals surface area contributed by atoms with Gasteiger partial charge in [0, 0.05) is 25.3 Å². The van der Waals surface area contributed by atoms with Gasteiger partial charge in [-0.3, -0.25) is 4.79 Å². The number of benzene rings is 1. The molecule has 21 heavy (non-hydrogen) atoms. The van der Waals surface area contributed by atoms with E-state index in [4.69, 9.17) is 4.52 Å². The standard InChI is InChI=1S/C16H21N3O2/c1-12(2)16-18-15(21-19-16)10-6-9-14(20)17-11-13-7-4-3-5-8-13/h3-5,7-8,12H,6,9-11H2,1-2H3,(H,17,20). The second-order valence-electron chi connectivity index (χ2n) is 5.32. The first-order valence-electron chi connectivity index (χ1n) is 7.28. The van der Waals surface area contributed by atoms with Gasteiger partial charge < -0.3 is 9.84 Å². The van der Waals surface area contributed by atoms with Crippen molar-refractivity contribution in [1.29, 1.82) is 0 Å². The highest BCUT2D eigenvalue weighted by atomic mass is 16.5. The van der Waals surface area contributed by atoms with Gasteiger partial charge in [-0.2, -0.15) is 4.98 Å². The molecule has 0 saturated carbocycles. The Labute approximate surface area is 124 Å². The smallest absolute Gasteiger partial charge is 0.226 e. The molecule has 0 aliphatic carbocycles. The minimum Gasteiger partial charge on any atom is -0.352 e. The van der Waals surface area contributed by atoms with E-state index in [1.807, 2.05) is 44.2 Å². The van der Waals surface area contributed by atoms with Crippen molar-refractivity contribution in [2.45, 2.75) is 45.6 Å². The van der Waals surface area contributed by atoms with Gasteiger partial charge in [0.05, 0.1) is 0 Å². The number of carbonyl (C=O) groups is 1. The summed E-state index contributed by atoms with van der Waals surface area (Å²) in [6, 6.07) is 9.87. The molecule has 0 radical (unpaired) electrons. The molecule has 0 atom stereocenters. The number of amides is 1. The van der Waals surface area contributed by atoms with Crippen molar-refractivity contribution >= 4 is 5.91 Å². The van der Waals surface area contributed by atoms with E-state index in [2.05, 4.69) is 15.5 Å². The Morgan fingerprint density at radius 2 is 2.05 bits per heavy atom. The van der Waals surface area contributed by atoms with E-state index >= 15 is 0 Å². The second kappa shape index (κ2) is 7.57. The number of aromatic nitrogens is 2. The highest BCUT2D eigenvalue weighted by molar-refractivity contribution is 5.75. The number of nitrogens with one attached hydrogen (secondary N) is 1. The Morgan fingerprint density at radius 3 is 2.71 bits per heavy atom. The van der Waals surface area contributed by atoms with E-state index in [0.29, 0.717) is 31.7 Å². The summed E-state index contributed by atoms with van der Waals surface area (Å²) >= 11 is 0. The van der Waals surface area contributed by atoms with E-state index < -0.39 is 0 Å². The molecule has 1 aromatic heterocycles. The quantitative estimate of drug-likeness (QED) is 0.850. The molecule has 0 bridgehead atoms. The van der Waals surface area contributed by atoms with E-state index in [1.165, 1.54) is 0 Å². The third kappa shape index (κ3) is 5.02. The minimum atomic E-state index is 0.0439. The molecule has 0 unspecified atom stereocenters. The van der Waals surface area contributed by atoms with Crippen molar-refractivity contribution in [1.82, 2.24) is 15.5 Å². The van der Waals surface area contributed by atoms with Gasteiger partial charge in [-0.15, -0.1) is 0 Å². The molecule has 1 amide bonds. The second-order valence-corrected chi connectivity index (χ2v) is 5.32. The van der Waals surface area contributed by atoms with Crippen LogP contribution < -0.4 is 5.32 Å². The third-order valence-electron chi connectivity index (χ3n) is 3.13. The Balaban J connectivity index is 1.67. The summed E-state index contributed by atoms with van der Waals surface area (Å²) in [4.78, 5) is 16.0. The summed E-state index contributed by atoms with van der Waals surface area (Å²) in [5.74, 6) is 1.63. The van der Waals surface area contributed by atoms with E-state index in [0.717, 1.165) is 11.4 Å². The van der Waals surface area contributed by atoms with Crippen LogP contribution in [0.5, 0.6) is 0 Å². The lowest BCUT2D eigenvalue weighted by Crippen LogP contribution is -2.22. The van der Waals surface area contributed by atoms with Crippen molar-refractivity contribution < 1.29 is 9.32 Å². The summed E-state index contributed by atoms with van der Waals surface area (Å²) in [6.07, 6.45) is 1.81. The van der Waals surface area contributed by atoms with Crippen LogP contribution in [0.2, 0.25) is 0 Å². The van der Waals surface area contributed by atoms with Crippen LogP contribution in [-0.4, -0.2) is 16.0 Å². The Bertz CT molecular complexity index is 564. The van der Waals surface area contributed by atoms with Gasteiger partial charge in [-0.25, -0.2) is 0 Å². The predicted molar refractivity (Wildman–Crippen MR) is 79.6 cm³/mol. The molecule has 0 saturated heterocycles. The molecule has 2 aromatic rings. The van der Waals surface area contributed by atoms with Crippen LogP contribution in [0.3, 0.4) is 0 Å². The van der Waals surface area contributed by atoms with Crippen molar-refractivity contribution in [3.05, 3.63) is 47.6 Å². The van der Waals surface area contributed by atoms with Crippen LogP contribution in [0.1, 0.15) is 49.9 Å². The fourth-order valence-corrected chi connectivity index (χ4v) is 1.89. The molecule has 5 heteroatoms. The summed E-state index contributed by atoms with van der Waals surface area (Å²) in [5.41, 5.74) is 1.10. The summed E-state index contributed by atoms with van der Waals surface area (Å²) < 4.78 is 5.14. The summed E-state index contributed by atoms with van der Waals surface area (Å²) in [7, 11) is 0. The lowest BCUT2D eigenvalue weighted by molar-refractivity contribution is -0.121. The molecule has 2 rings (SSSR count). The van der Waals surface area contributed by atoms with Gasteiger partial charge in [0.15, 0.2) is 5.82 Å². The molecule has 1 aromatic carbocycles. The van der Waals surface area contributed by atoms with Crippen LogP contribution in [0.25, 0.3) is 0 Å². The van der Waals surface area contributed by atoms with E-state index in [9.17, 15) is 4.79 Å². The van der Waals surface area contributed by atoms with Crippen LogP contribution in [-0.2, 0) is 17.8 Å². The van der Waals surface area contributed by atoms with Crippen LogP contribution in [0, 0.1) is 0 Å². The third-order valence-corrected chi connectivity index (χ3v) is 3.13. The molecule has 112 valence electrons. The first kappa shape index (κ1) is 15.2. The largest absolute Gasteiger partial charge is 0.352 e. The van der Waals surface area contributed by atoms with Gasteiger partial charge in [0.25, 0.3) is 0 Å². The lowest BCUT2D eigenvalue weighted by atomic mass is 10.2. The normalized spacial score (nSPS) is 10.8. The van der Waals surface area contributed by atoms with Gasteiger partial charge in [0.1, 0.15) is 0 Å². The van der Waals surface area contributed by atoms with Crippen molar-refractivity contribution in [2.24, 2.45) is 0 Å². The number of carbonyl (C=O) groups excluding carboxylic acids is 1.